The minimum absolute atomic E-state index is 0.783. The first kappa shape index (κ1) is 12.6. The van der Waals surface area contributed by atoms with Crippen molar-refractivity contribution in [1.29, 1.82) is 0 Å². The van der Waals surface area contributed by atoms with Crippen LogP contribution in [0, 0.1) is 6.92 Å². The summed E-state index contributed by atoms with van der Waals surface area (Å²) >= 11 is 0. The smallest absolute Gasteiger partial charge is 0.00160 e. The Balaban J connectivity index is 2.15. The van der Waals surface area contributed by atoms with Gasteiger partial charge in [0.15, 0.2) is 0 Å². The molecule has 2 rings (SSSR count). The lowest BCUT2D eigenvalue weighted by Gasteiger charge is -2.18. The van der Waals surface area contributed by atoms with Crippen LogP contribution in [0.15, 0.2) is 18.2 Å². The normalized spacial score (nSPS) is 22.4. The van der Waals surface area contributed by atoms with Crippen molar-refractivity contribution in [3.8, 4) is 0 Å². The van der Waals surface area contributed by atoms with Gasteiger partial charge in [-0.2, -0.15) is 0 Å². The van der Waals surface area contributed by atoms with Crippen molar-refractivity contribution < 1.29 is 0 Å². The highest BCUT2D eigenvalue weighted by Crippen LogP contribution is 2.30. The molecule has 1 aromatic rings. The van der Waals surface area contributed by atoms with Crippen LogP contribution < -0.4 is 0 Å². The second kappa shape index (κ2) is 5.68. The van der Waals surface area contributed by atoms with Crippen LogP contribution in [0.3, 0.4) is 0 Å². The first-order valence-electron chi connectivity index (χ1n) is 6.98. The lowest BCUT2D eigenvalue weighted by Crippen LogP contribution is -2.18. The topological polar surface area (TPSA) is 3.24 Å². The SMILES string of the molecule is CCc1ccc(C2CCCN(C)CC2)c(C)c1. The maximum atomic E-state index is 2.47. The highest BCUT2D eigenvalue weighted by molar-refractivity contribution is 5.33. The largest absolute Gasteiger partial charge is 0.306 e. The predicted molar refractivity (Wildman–Crippen MR) is 74.6 cm³/mol. The second-order valence-electron chi connectivity index (χ2n) is 5.48. The Morgan fingerprint density at radius 1 is 1.24 bits per heavy atom. The van der Waals surface area contributed by atoms with E-state index < -0.39 is 0 Å². The van der Waals surface area contributed by atoms with E-state index in [1.807, 2.05) is 0 Å². The molecule has 0 saturated carbocycles. The highest BCUT2D eigenvalue weighted by Gasteiger charge is 2.17. The Kier molecular flexibility index (Phi) is 4.22. The zero-order chi connectivity index (χ0) is 12.3. The molecule has 0 aliphatic carbocycles. The van der Waals surface area contributed by atoms with E-state index >= 15 is 0 Å². The van der Waals surface area contributed by atoms with Gasteiger partial charge in [-0.05, 0) is 75.4 Å². The summed E-state index contributed by atoms with van der Waals surface area (Å²) in [6, 6.07) is 7.07. The third-order valence-corrected chi connectivity index (χ3v) is 4.13. The summed E-state index contributed by atoms with van der Waals surface area (Å²) in [6.07, 6.45) is 5.17. The second-order valence-corrected chi connectivity index (χ2v) is 5.48. The van der Waals surface area contributed by atoms with Crippen LogP contribution in [0.25, 0.3) is 0 Å². The summed E-state index contributed by atoms with van der Waals surface area (Å²) in [7, 11) is 2.25. The van der Waals surface area contributed by atoms with Gasteiger partial charge in [-0.1, -0.05) is 25.1 Å². The van der Waals surface area contributed by atoms with Gasteiger partial charge in [-0.3, -0.25) is 0 Å². The highest BCUT2D eigenvalue weighted by atomic mass is 15.1. The van der Waals surface area contributed by atoms with Crippen LogP contribution in [-0.2, 0) is 6.42 Å². The number of benzene rings is 1. The van der Waals surface area contributed by atoms with Crippen molar-refractivity contribution in [3.05, 3.63) is 34.9 Å². The lowest BCUT2D eigenvalue weighted by molar-refractivity contribution is 0.347. The molecule has 1 aliphatic heterocycles. The monoisotopic (exact) mass is 231 g/mol. The fraction of sp³-hybridized carbons (Fsp3) is 0.625. The minimum Gasteiger partial charge on any atom is -0.306 e. The maximum absolute atomic E-state index is 2.47. The molecule has 1 nitrogen and oxygen atoms in total. The van der Waals surface area contributed by atoms with Gasteiger partial charge in [0.2, 0.25) is 0 Å². The molecule has 1 unspecified atom stereocenters. The Hall–Kier alpha value is -0.820. The Morgan fingerprint density at radius 3 is 2.76 bits per heavy atom. The zero-order valence-electron chi connectivity index (χ0n) is 11.5. The summed E-state index contributed by atoms with van der Waals surface area (Å²) < 4.78 is 0. The molecule has 0 radical (unpaired) electrons. The van der Waals surface area contributed by atoms with Crippen LogP contribution in [0.2, 0.25) is 0 Å². The van der Waals surface area contributed by atoms with Crippen LogP contribution in [0.5, 0.6) is 0 Å². The third kappa shape index (κ3) is 3.10. The molecule has 1 fully saturated rings. The van der Waals surface area contributed by atoms with Crippen LogP contribution in [0.1, 0.15) is 48.8 Å². The van der Waals surface area contributed by atoms with E-state index in [0.717, 1.165) is 12.3 Å². The van der Waals surface area contributed by atoms with E-state index in [1.165, 1.54) is 43.5 Å². The Labute approximate surface area is 106 Å². The van der Waals surface area contributed by atoms with Gasteiger partial charge >= 0.3 is 0 Å². The van der Waals surface area contributed by atoms with Gasteiger partial charge < -0.3 is 4.90 Å². The molecule has 0 bridgehead atoms. The summed E-state index contributed by atoms with van der Waals surface area (Å²) in [6.45, 7) is 7.03. The van der Waals surface area contributed by atoms with Gasteiger partial charge in [-0.25, -0.2) is 0 Å². The van der Waals surface area contributed by atoms with E-state index in [-0.39, 0.29) is 0 Å². The maximum Gasteiger partial charge on any atom is -0.00160 e. The zero-order valence-corrected chi connectivity index (χ0v) is 11.5. The van der Waals surface area contributed by atoms with Crippen molar-refractivity contribution in [2.45, 2.75) is 45.4 Å². The molecular weight excluding hydrogens is 206 g/mol. The molecule has 1 heteroatoms. The fourth-order valence-electron chi connectivity index (χ4n) is 2.97. The van der Waals surface area contributed by atoms with E-state index in [2.05, 4.69) is 44.0 Å². The van der Waals surface area contributed by atoms with Crippen molar-refractivity contribution in [2.75, 3.05) is 20.1 Å². The minimum atomic E-state index is 0.783. The molecule has 0 amide bonds. The molecular formula is C16H25N. The van der Waals surface area contributed by atoms with Crippen molar-refractivity contribution in [2.24, 2.45) is 0 Å². The molecule has 0 N–H and O–H groups in total. The predicted octanol–water partition coefficient (Wildman–Crippen LogP) is 3.76. The van der Waals surface area contributed by atoms with Crippen LogP contribution in [0.4, 0.5) is 0 Å². The molecule has 17 heavy (non-hydrogen) atoms. The number of nitrogens with zero attached hydrogens (tertiary/aromatic N) is 1. The number of rotatable bonds is 2. The Bertz CT molecular complexity index is 370. The van der Waals surface area contributed by atoms with E-state index in [1.54, 1.807) is 5.56 Å². The van der Waals surface area contributed by atoms with Gasteiger partial charge in [0.05, 0.1) is 0 Å². The molecule has 94 valence electrons. The fourth-order valence-corrected chi connectivity index (χ4v) is 2.97. The average Bonchev–Trinajstić information content (AvgIpc) is 2.54. The van der Waals surface area contributed by atoms with Crippen molar-refractivity contribution in [1.82, 2.24) is 4.90 Å². The first-order chi connectivity index (χ1) is 8.20. The molecule has 1 saturated heterocycles. The number of aryl methyl sites for hydroxylation is 2. The van der Waals surface area contributed by atoms with E-state index in [4.69, 9.17) is 0 Å². The van der Waals surface area contributed by atoms with E-state index in [0.29, 0.717) is 0 Å². The molecule has 1 aromatic carbocycles. The standard InChI is InChI=1S/C16H25N/c1-4-14-7-8-16(13(2)12-14)15-6-5-10-17(3)11-9-15/h7-8,12,15H,4-6,9-11H2,1-3H3. The molecule has 1 heterocycles. The summed E-state index contributed by atoms with van der Waals surface area (Å²) in [5.74, 6) is 0.783. The van der Waals surface area contributed by atoms with Gasteiger partial charge in [0.25, 0.3) is 0 Å². The summed E-state index contributed by atoms with van der Waals surface area (Å²) in [5.41, 5.74) is 4.56. The van der Waals surface area contributed by atoms with Gasteiger partial charge in [0, 0.05) is 0 Å². The molecule has 0 spiro atoms. The van der Waals surface area contributed by atoms with E-state index in [9.17, 15) is 0 Å². The average molecular weight is 231 g/mol. The number of likely N-dealkylation sites (tertiary alicyclic amines) is 1. The number of hydrogen-bond donors (Lipinski definition) is 0. The summed E-state index contributed by atoms with van der Waals surface area (Å²) in [5, 5.41) is 0. The van der Waals surface area contributed by atoms with Gasteiger partial charge in [0.1, 0.15) is 0 Å². The summed E-state index contributed by atoms with van der Waals surface area (Å²) in [4.78, 5) is 2.47. The molecule has 0 aromatic heterocycles. The third-order valence-electron chi connectivity index (χ3n) is 4.13. The van der Waals surface area contributed by atoms with Crippen molar-refractivity contribution in [3.63, 3.8) is 0 Å². The number of hydrogen-bond acceptors (Lipinski definition) is 1. The molecule has 1 aliphatic rings. The first-order valence-corrected chi connectivity index (χ1v) is 6.98. The van der Waals surface area contributed by atoms with Crippen LogP contribution in [-0.4, -0.2) is 25.0 Å². The van der Waals surface area contributed by atoms with Crippen molar-refractivity contribution >= 4 is 0 Å². The van der Waals surface area contributed by atoms with Crippen LogP contribution >= 0.6 is 0 Å². The van der Waals surface area contributed by atoms with Gasteiger partial charge in [-0.15, -0.1) is 0 Å². The molecule has 1 atom stereocenters. The Morgan fingerprint density at radius 2 is 2.06 bits per heavy atom. The quantitative estimate of drug-likeness (QED) is 0.749. The lowest BCUT2D eigenvalue weighted by atomic mass is 9.88.